The highest BCUT2D eigenvalue weighted by molar-refractivity contribution is 5.94. The Kier molecular flexibility index (Phi) is 9.70. The van der Waals surface area contributed by atoms with Gasteiger partial charge in [-0.15, -0.1) is 0 Å². The predicted octanol–water partition coefficient (Wildman–Crippen LogP) is 1.41. The van der Waals surface area contributed by atoms with Gasteiger partial charge in [0, 0.05) is 13.0 Å². The van der Waals surface area contributed by atoms with E-state index in [9.17, 15) is 24.3 Å². The molecule has 3 N–H and O–H groups in total. The van der Waals surface area contributed by atoms with Crippen LogP contribution in [0.1, 0.15) is 66.2 Å². The number of hydrogen-bond acceptors (Lipinski definition) is 7. The molecule has 0 aromatic rings. The Bertz CT molecular complexity index is 747. The lowest BCUT2D eigenvalue weighted by molar-refractivity contribution is -0.147. The van der Waals surface area contributed by atoms with E-state index in [0.717, 1.165) is 12.8 Å². The molecule has 2 heterocycles. The molecule has 0 bridgehead atoms. The average molecular weight is 468 g/mol. The number of amides is 3. The summed E-state index contributed by atoms with van der Waals surface area (Å²) in [5, 5.41) is 15.5. The summed E-state index contributed by atoms with van der Waals surface area (Å²) in [5.74, 6) is -1.61. The van der Waals surface area contributed by atoms with Gasteiger partial charge in [0.2, 0.25) is 11.8 Å². The van der Waals surface area contributed by atoms with Crippen molar-refractivity contribution in [2.75, 3.05) is 13.2 Å². The van der Waals surface area contributed by atoms with Crippen LogP contribution >= 0.6 is 0 Å². The van der Waals surface area contributed by atoms with Gasteiger partial charge in [-0.05, 0) is 47.0 Å². The van der Waals surface area contributed by atoms with E-state index in [4.69, 9.17) is 9.47 Å². The Morgan fingerprint density at radius 2 is 1.97 bits per heavy atom. The molecule has 1 saturated heterocycles. The minimum absolute atomic E-state index is 0.0377. The van der Waals surface area contributed by atoms with Crippen molar-refractivity contribution in [3.05, 3.63) is 12.2 Å². The van der Waals surface area contributed by atoms with E-state index in [1.165, 1.54) is 4.90 Å². The topological polar surface area (TPSA) is 134 Å². The first-order chi connectivity index (χ1) is 15.5. The van der Waals surface area contributed by atoms with Gasteiger partial charge in [-0.25, -0.2) is 9.59 Å². The first-order valence-electron chi connectivity index (χ1n) is 11.6. The molecule has 10 nitrogen and oxygen atoms in total. The third kappa shape index (κ3) is 8.34. The monoisotopic (exact) mass is 467 g/mol. The molecule has 1 unspecified atom stereocenters. The second kappa shape index (κ2) is 12.0. The van der Waals surface area contributed by atoms with E-state index in [1.807, 2.05) is 6.08 Å². The van der Waals surface area contributed by atoms with Crippen molar-refractivity contribution >= 4 is 23.9 Å². The van der Waals surface area contributed by atoms with Crippen molar-refractivity contribution in [1.82, 2.24) is 15.5 Å². The maximum absolute atomic E-state index is 13.4. The SMILES string of the molecule is CCOC(=O)C1/C=C\CCCCC[C@H](NC(=O)OC(C)(C)C)C(=O)N2C[C@H](O)C[C@H]2C(=O)N1. The lowest BCUT2D eigenvalue weighted by atomic mass is 10.0. The number of alkyl carbamates (subject to hydrolysis) is 1. The molecule has 3 amide bonds. The largest absolute Gasteiger partial charge is 0.464 e. The summed E-state index contributed by atoms with van der Waals surface area (Å²) in [7, 11) is 0. The van der Waals surface area contributed by atoms with Crippen molar-refractivity contribution in [2.24, 2.45) is 0 Å². The van der Waals surface area contributed by atoms with E-state index in [2.05, 4.69) is 10.6 Å². The van der Waals surface area contributed by atoms with Crippen molar-refractivity contribution in [3.8, 4) is 0 Å². The zero-order valence-electron chi connectivity index (χ0n) is 20.0. The molecule has 2 aliphatic rings. The van der Waals surface area contributed by atoms with E-state index >= 15 is 0 Å². The summed E-state index contributed by atoms with van der Waals surface area (Å²) < 4.78 is 10.4. The number of aliphatic hydroxyl groups excluding tert-OH is 1. The summed E-state index contributed by atoms with van der Waals surface area (Å²) in [4.78, 5) is 52.3. The molecule has 33 heavy (non-hydrogen) atoms. The molecule has 1 fully saturated rings. The summed E-state index contributed by atoms with van der Waals surface area (Å²) in [6, 6.07) is -2.84. The lowest BCUT2D eigenvalue weighted by Crippen LogP contribution is -2.55. The standard InChI is InChI=1S/C23H37N3O7/c1-5-32-21(30)17-12-10-8-6-7-9-11-16(25-22(31)33-23(2,3)4)20(29)26-14-15(27)13-18(26)19(28)24-17/h10,12,15-18,27H,5-9,11,13-14H2,1-4H3,(H,24,28)(H,25,31)/b12-10-/t15-,16+,17?,18+/m1/s1. The van der Waals surface area contributed by atoms with Crippen LogP contribution in [0.3, 0.4) is 0 Å². The van der Waals surface area contributed by atoms with Crippen LogP contribution in [0.5, 0.6) is 0 Å². The lowest BCUT2D eigenvalue weighted by Gasteiger charge is -2.30. The van der Waals surface area contributed by atoms with Crippen molar-refractivity contribution in [3.63, 3.8) is 0 Å². The quantitative estimate of drug-likeness (QED) is 0.422. The van der Waals surface area contributed by atoms with E-state index in [1.54, 1.807) is 33.8 Å². The fourth-order valence-corrected chi connectivity index (χ4v) is 3.90. The van der Waals surface area contributed by atoms with Gasteiger partial charge in [-0.1, -0.05) is 25.0 Å². The van der Waals surface area contributed by atoms with Crippen LogP contribution in [0.4, 0.5) is 4.79 Å². The molecule has 10 heteroatoms. The number of rotatable bonds is 3. The Labute approximate surface area is 195 Å². The number of nitrogens with zero attached hydrogens (tertiary/aromatic N) is 1. The van der Waals surface area contributed by atoms with Crippen molar-refractivity contribution in [2.45, 2.75) is 96.1 Å². The number of esters is 1. The molecule has 0 spiro atoms. The molecule has 2 rings (SSSR count). The summed E-state index contributed by atoms with van der Waals surface area (Å²) in [6.07, 6.45) is 5.25. The number of nitrogens with one attached hydrogen (secondary N) is 2. The van der Waals surface area contributed by atoms with Crippen LogP contribution in [0.25, 0.3) is 0 Å². The fraction of sp³-hybridized carbons (Fsp3) is 0.739. The predicted molar refractivity (Wildman–Crippen MR) is 120 cm³/mol. The molecule has 2 aliphatic heterocycles. The van der Waals surface area contributed by atoms with Gasteiger partial charge in [0.1, 0.15) is 23.7 Å². The highest BCUT2D eigenvalue weighted by Gasteiger charge is 2.42. The van der Waals surface area contributed by atoms with E-state index in [0.29, 0.717) is 19.3 Å². The molecule has 0 aliphatic carbocycles. The van der Waals surface area contributed by atoms with Gasteiger partial charge in [0.05, 0.1) is 12.7 Å². The highest BCUT2D eigenvalue weighted by Crippen LogP contribution is 2.22. The van der Waals surface area contributed by atoms with Crippen LogP contribution in [0.2, 0.25) is 0 Å². The number of carbonyl (C=O) groups is 4. The Morgan fingerprint density at radius 3 is 2.64 bits per heavy atom. The molecule has 0 saturated carbocycles. The zero-order chi connectivity index (χ0) is 24.6. The number of fused-ring (bicyclic) bond motifs is 1. The number of ether oxygens (including phenoxy) is 2. The summed E-state index contributed by atoms with van der Waals surface area (Å²) in [6.45, 7) is 7.00. The third-order valence-corrected chi connectivity index (χ3v) is 5.38. The average Bonchev–Trinajstić information content (AvgIpc) is 3.10. The fourth-order valence-electron chi connectivity index (χ4n) is 3.90. The van der Waals surface area contributed by atoms with Crippen LogP contribution in [0, 0.1) is 0 Å². The molecule has 0 aromatic carbocycles. The van der Waals surface area contributed by atoms with E-state index < -0.39 is 53.7 Å². The van der Waals surface area contributed by atoms with Gasteiger partial charge in [-0.2, -0.15) is 0 Å². The molecular weight excluding hydrogens is 430 g/mol. The van der Waals surface area contributed by atoms with Gasteiger partial charge >= 0.3 is 12.1 Å². The molecule has 4 atom stereocenters. The van der Waals surface area contributed by atoms with Crippen molar-refractivity contribution < 1.29 is 33.8 Å². The maximum atomic E-state index is 13.4. The summed E-state index contributed by atoms with van der Waals surface area (Å²) in [5.41, 5.74) is -0.727. The van der Waals surface area contributed by atoms with Crippen LogP contribution in [0.15, 0.2) is 12.2 Å². The Morgan fingerprint density at radius 1 is 1.24 bits per heavy atom. The maximum Gasteiger partial charge on any atom is 0.408 e. The highest BCUT2D eigenvalue weighted by atomic mass is 16.6. The second-order valence-corrected chi connectivity index (χ2v) is 9.40. The smallest absolute Gasteiger partial charge is 0.408 e. The number of carbonyl (C=O) groups excluding carboxylic acids is 4. The molecular formula is C23H37N3O7. The molecule has 186 valence electrons. The Balaban J connectivity index is 2.26. The third-order valence-electron chi connectivity index (χ3n) is 5.38. The first-order valence-corrected chi connectivity index (χ1v) is 11.6. The van der Waals surface area contributed by atoms with Gasteiger partial charge in [0.25, 0.3) is 0 Å². The second-order valence-electron chi connectivity index (χ2n) is 9.40. The van der Waals surface area contributed by atoms with E-state index in [-0.39, 0.29) is 19.6 Å². The molecule has 0 radical (unpaired) electrons. The van der Waals surface area contributed by atoms with Crippen LogP contribution in [-0.2, 0) is 23.9 Å². The van der Waals surface area contributed by atoms with Gasteiger partial charge in [-0.3, -0.25) is 9.59 Å². The van der Waals surface area contributed by atoms with Crippen LogP contribution in [-0.4, -0.2) is 76.9 Å². The normalized spacial score (nSPS) is 28.2. The zero-order valence-corrected chi connectivity index (χ0v) is 20.0. The minimum Gasteiger partial charge on any atom is -0.464 e. The molecule has 0 aromatic heterocycles. The number of aliphatic hydroxyl groups is 1. The van der Waals surface area contributed by atoms with Crippen LogP contribution < -0.4 is 10.6 Å². The van der Waals surface area contributed by atoms with Gasteiger partial charge in [0.15, 0.2) is 0 Å². The number of allylic oxidation sites excluding steroid dienone is 1. The Hall–Kier alpha value is -2.62. The van der Waals surface area contributed by atoms with Gasteiger partial charge < -0.3 is 30.1 Å². The summed E-state index contributed by atoms with van der Waals surface area (Å²) >= 11 is 0. The first kappa shape index (κ1) is 26.6. The number of hydrogen-bond donors (Lipinski definition) is 3. The minimum atomic E-state index is -0.981. The van der Waals surface area contributed by atoms with Crippen molar-refractivity contribution in [1.29, 1.82) is 0 Å².